The Labute approximate surface area is 101 Å². The normalized spacial score (nSPS) is 11.7. The zero-order chi connectivity index (χ0) is 12.9. The van der Waals surface area contributed by atoms with Gasteiger partial charge in [-0.3, -0.25) is 0 Å². The van der Waals surface area contributed by atoms with Gasteiger partial charge in [0.25, 0.3) is 0 Å². The molecule has 1 aromatic carbocycles. The summed E-state index contributed by atoms with van der Waals surface area (Å²) in [5, 5.41) is 3.07. The minimum atomic E-state index is -3.12. The lowest BCUT2D eigenvalue weighted by atomic mass is 10.1. The maximum Gasteiger partial charge on any atom is 0.208 e. The van der Waals surface area contributed by atoms with E-state index in [9.17, 15) is 12.8 Å². The van der Waals surface area contributed by atoms with Gasteiger partial charge in [0.1, 0.15) is 5.82 Å². The fourth-order valence-corrected chi connectivity index (χ4v) is 1.85. The second kappa shape index (κ2) is 6.09. The van der Waals surface area contributed by atoms with Gasteiger partial charge in [-0.15, -0.1) is 0 Å². The zero-order valence-corrected chi connectivity index (χ0v) is 10.8. The fourth-order valence-electron chi connectivity index (χ4n) is 1.37. The van der Waals surface area contributed by atoms with Crippen molar-refractivity contribution in [3.05, 3.63) is 35.1 Å². The molecule has 0 unspecified atom stereocenters. The van der Waals surface area contributed by atoms with Crippen molar-refractivity contribution in [2.24, 2.45) is 0 Å². The van der Waals surface area contributed by atoms with Crippen molar-refractivity contribution in [2.75, 3.05) is 19.3 Å². The number of rotatable bonds is 6. The summed E-state index contributed by atoms with van der Waals surface area (Å²) < 4.78 is 36.9. The number of halogens is 1. The summed E-state index contributed by atoms with van der Waals surface area (Å²) in [6.07, 6.45) is 1.12. The Morgan fingerprint density at radius 1 is 1.29 bits per heavy atom. The van der Waals surface area contributed by atoms with E-state index in [1.165, 1.54) is 6.07 Å². The lowest BCUT2D eigenvalue weighted by Gasteiger charge is -2.06. The molecule has 0 saturated carbocycles. The molecule has 0 fully saturated rings. The predicted molar refractivity (Wildman–Crippen MR) is 65.7 cm³/mol. The second-order valence-corrected chi connectivity index (χ2v) is 5.76. The highest BCUT2D eigenvalue weighted by molar-refractivity contribution is 7.88. The first-order valence-electron chi connectivity index (χ1n) is 5.29. The Hall–Kier alpha value is -0.980. The number of nitrogens with one attached hydrogen (secondary N) is 2. The molecule has 0 saturated heterocycles. The van der Waals surface area contributed by atoms with Gasteiger partial charge >= 0.3 is 0 Å². The Kier molecular flexibility index (Phi) is 5.04. The molecule has 0 atom stereocenters. The maximum atomic E-state index is 13.0. The number of hydrogen-bond donors (Lipinski definition) is 2. The summed E-state index contributed by atoms with van der Waals surface area (Å²) in [6, 6.07) is 4.91. The highest BCUT2D eigenvalue weighted by atomic mass is 32.2. The van der Waals surface area contributed by atoms with Crippen LogP contribution in [0, 0.1) is 12.7 Å². The molecule has 0 spiro atoms. The zero-order valence-electron chi connectivity index (χ0n) is 9.96. The van der Waals surface area contributed by atoms with Crippen LogP contribution in [0.2, 0.25) is 0 Å². The third-order valence-electron chi connectivity index (χ3n) is 2.22. The molecule has 2 N–H and O–H groups in total. The average Bonchev–Trinajstić information content (AvgIpc) is 2.21. The molecule has 0 aliphatic heterocycles. The number of aryl methyl sites for hydroxylation is 1. The molecule has 4 nitrogen and oxygen atoms in total. The molecule has 0 aliphatic carbocycles. The van der Waals surface area contributed by atoms with E-state index in [4.69, 9.17) is 0 Å². The lowest BCUT2D eigenvalue weighted by molar-refractivity contribution is 0.581. The lowest BCUT2D eigenvalue weighted by Crippen LogP contribution is -2.30. The monoisotopic (exact) mass is 260 g/mol. The molecule has 6 heteroatoms. The van der Waals surface area contributed by atoms with E-state index in [-0.39, 0.29) is 5.82 Å². The van der Waals surface area contributed by atoms with Crippen molar-refractivity contribution in [1.29, 1.82) is 0 Å². The van der Waals surface area contributed by atoms with Gasteiger partial charge in [0.2, 0.25) is 10.0 Å². The first-order valence-corrected chi connectivity index (χ1v) is 7.18. The van der Waals surface area contributed by atoms with Crippen molar-refractivity contribution in [2.45, 2.75) is 13.5 Å². The third-order valence-corrected chi connectivity index (χ3v) is 2.95. The molecule has 17 heavy (non-hydrogen) atoms. The van der Waals surface area contributed by atoms with Crippen LogP contribution in [0.4, 0.5) is 4.39 Å². The molecule has 0 amide bonds. The van der Waals surface area contributed by atoms with Gasteiger partial charge in [-0.05, 0) is 24.1 Å². The van der Waals surface area contributed by atoms with E-state index in [1.54, 1.807) is 19.1 Å². The van der Waals surface area contributed by atoms with E-state index in [2.05, 4.69) is 10.0 Å². The Bertz CT molecular complexity index is 474. The van der Waals surface area contributed by atoms with Crippen LogP contribution < -0.4 is 10.0 Å². The van der Waals surface area contributed by atoms with Gasteiger partial charge in [-0.1, -0.05) is 12.1 Å². The number of sulfonamides is 1. The van der Waals surface area contributed by atoms with E-state index < -0.39 is 10.0 Å². The smallest absolute Gasteiger partial charge is 0.208 e. The summed E-state index contributed by atoms with van der Waals surface area (Å²) in [5.41, 5.74) is 1.59. The minimum Gasteiger partial charge on any atom is -0.311 e. The summed E-state index contributed by atoms with van der Waals surface area (Å²) in [4.78, 5) is 0. The molecule has 0 aliphatic rings. The molecule has 0 bridgehead atoms. The van der Waals surface area contributed by atoms with Crippen LogP contribution in [-0.2, 0) is 16.6 Å². The SMILES string of the molecule is Cc1cc(CNCCNS(C)(=O)=O)ccc1F. The van der Waals surface area contributed by atoms with Gasteiger partial charge in [0.15, 0.2) is 0 Å². The van der Waals surface area contributed by atoms with Crippen LogP contribution in [0.15, 0.2) is 18.2 Å². The third kappa shape index (κ3) is 5.76. The van der Waals surface area contributed by atoms with Crippen molar-refractivity contribution in [3.63, 3.8) is 0 Å². The quantitative estimate of drug-likeness (QED) is 0.743. The highest BCUT2D eigenvalue weighted by Crippen LogP contribution is 2.08. The van der Waals surface area contributed by atoms with E-state index in [0.29, 0.717) is 25.2 Å². The van der Waals surface area contributed by atoms with E-state index in [1.807, 2.05) is 0 Å². The average molecular weight is 260 g/mol. The van der Waals surface area contributed by atoms with Gasteiger partial charge in [0, 0.05) is 19.6 Å². The first kappa shape index (κ1) is 14.1. The molecular weight excluding hydrogens is 243 g/mol. The largest absolute Gasteiger partial charge is 0.311 e. The van der Waals surface area contributed by atoms with E-state index >= 15 is 0 Å². The summed E-state index contributed by atoms with van der Waals surface area (Å²) >= 11 is 0. The van der Waals surface area contributed by atoms with Crippen LogP contribution >= 0.6 is 0 Å². The predicted octanol–water partition coefficient (Wildman–Crippen LogP) is 0.773. The molecule has 1 rings (SSSR count). The molecular formula is C11H17FN2O2S. The molecule has 0 aromatic heterocycles. The van der Waals surface area contributed by atoms with Gasteiger partial charge in [-0.2, -0.15) is 0 Å². The summed E-state index contributed by atoms with van der Waals surface area (Å²) in [6.45, 7) is 3.18. The van der Waals surface area contributed by atoms with Crippen molar-refractivity contribution in [1.82, 2.24) is 10.0 Å². The van der Waals surface area contributed by atoms with Crippen molar-refractivity contribution < 1.29 is 12.8 Å². The van der Waals surface area contributed by atoms with Crippen LogP contribution in [0.25, 0.3) is 0 Å². The molecule has 0 heterocycles. The molecule has 0 radical (unpaired) electrons. The van der Waals surface area contributed by atoms with Gasteiger partial charge in [-0.25, -0.2) is 17.5 Å². The van der Waals surface area contributed by atoms with E-state index in [0.717, 1.165) is 11.8 Å². The first-order chi connectivity index (χ1) is 7.88. The Morgan fingerprint density at radius 3 is 2.59 bits per heavy atom. The summed E-state index contributed by atoms with van der Waals surface area (Å²) in [5.74, 6) is -0.215. The number of benzene rings is 1. The maximum absolute atomic E-state index is 13.0. The second-order valence-electron chi connectivity index (χ2n) is 3.93. The standard InChI is InChI=1S/C11H17FN2O2S/c1-9-7-10(3-4-11(9)12)8-13-5-6-14-17(2,15)16/h3-4,7,13-14H,5-6,8H2,1-2H3. The van der Waals surface area contributed by atoms with Crippen LogP contribution in [0.1, 0.15) is 11.1 Å². The molecule has 1 aromatic rings. The van der Waals surface area contributed by atoms with Crippen molar-refractivity contribution in [3.8, 4) is 0 Å². The van der Waals surface area contributed by atoms with Crippen molar-refractivity contribution >= 4 is 10.0 Å². The highest BCUT2D eigenvalue weighted by Gasteiger charge is 2.00. The Balaban J connectivity index is 2.29. The Morgan fingerprint density at radius 2 is 2.00 bits per heavy atom. The van der Waals surface area contributed by atoms with Crippen LogP contribution in [0.5, 0.6) is 0 Å². The minimum absolute atomic E-state index is 0.215. The van der Waals surface area contributed by atoms with Crippen LogP contribution in [0.3, 0.4) is 0 Å². The van der Waals surface area contributed by atoms with Crippen LogP contribution in [-0.4, -0.2) is 27.8 Å². The summed E-state index contributed by atoms with van der Waals surface area (Å²) in [7, 11) is -3.12. The van der Waals surface area contributed by atoms with Gasteiger partial charge in [0.05, 0.1) is 6.26 Å². The topological polar surface area (TPSA) is 58.2 Å². The fraction of sp³-hybridized carbons (Fsp3) is 0.455. The molecule has 96 valence electrons. The number of hydrogen-bond acceptors (Lipinski definition) is 3. The van der Waals surface area contributed by atoms with Gasteiger partial charge < -0.3 is 5.32 Å².